The first kappa shape index (κ1) is 16.1. The van der Waals surface area contributed by atoms with Crippen LogP contribution in [-0.4, -0.2) is 51.4 Å². The number of nitrogens with one attached hydrogen (secondary N) is 1. The molecule has 0 saturated carbocycles. The maximum atomic E-state index is 10.6. The molecule has 1 fully saturated rings. The molecule has 0 aliphatic carbocycles. The highest BCUT2D eigenvalue weighted by molar-refractivity contribution is 5.32. The molecule has 6 heteroatoms. The molecular formula is C17H24N4O2. The van der Waals surface area contributed by atoms with Gasteiger partial charge in [0.15, 0.2) is 5.82 Å². The minimum absolute atomic E-state index is 0.139. The number of benzene rings is 1. The van der Waals surface area contributed by atoms with Gasteiger partial charge in [0.1, 0.15) is 11.9 Å². The second-order valence-electron chi connectivity index (χ2n) is 6.27. The van der Waals surface area contributed by atoms with Gasteiger partial charge >= 0.3 is 0 Å². The fourth-order valence-corrected chi connectivity index (χ4v) is 3.07. The van der Waals surface area contributed by atoms with Crippen LogP contribution < -0.4 is 0 Å². The lowest BCUT2D eigenvalue weighted by Gasteiger charge is -2.33. The zero-order valence-corrected chi connectivity index (χ0v) is 13.9. The van der Waals surface area contributed by atoms with Crippen molar-refractivity contribution >= 4 is 0 Å². The molecule has 0 bridgehead atoms. The Morgan fingerprint density at radius 1 is 1.39 bits per heavy atom. The summed E-state index contributed by atoms with van der Waals surface area (Å²) in [6.07, 6.45) is -0.636. The lowest BCUT2D eigenvalue weighted by molar-refractivity contribution is -0.0461. The zero-order valence-electron chi connectivity index (χ0n) is 13.9. The minimum atomic E-state index is -0.497. The normalized spacial score (nSPS) is 20.6. The van der Waals surface area contributed by atoms with Crippen molar-refractivity contribution in [3.63, 3.8) is 0 Å². The number of aliphatic hydroxyl groups excluding tert-OH is 1. The quantitative estimate of drug-likeness (QED) is 0.900. The number of ether oxygens (including phenoxy) is 1. The molecule has 0 spiro atoms. The first-order valence-corrected chi connectivity index (χ1v) is 8.01. The van der Waals surface area contributed by atoms with Crippen LogP contribution in [0.3, 0.4) is 0 Å². The van der Waals surface area contributed by atoms with Gasteiger partial charge < -0.3 is 9.84 Å². The van der Waals surface area contributed by atoms with Crippen molar-refractivity contribution in [1.82, 2.24) is 20.1 Å². The van der Waals surface area contributed by atoms with Gasteiger partial charge in [0.05, 0.1) is 12.7 Å². The molecule has 1 aliphatic rings. The Morgan fingerprint density at radius 3 is 2.91 bits per heavy atom. The molecule has 1 aromatic heterocycles. The molecule has 23 heavy (non-hydrogen) atoms. The predicted molar refractivity (Wildman–Crippen MR) is 87.1 cm³/mol. The summed E-state index contributed by atoms with van der Waals surface area (Å²) in [5.41, 5.74) is 3.34. The molecule has 1 saturated heterocycles. The summed E-state index contributed by atoms with van der Waals surface area (Å²) >= 11 is 0. The molecular weight excluding hydrogens is 292 g/mol. The Morgan fingerprint density at radius 2 is 2.22 bits per heavy atom. The van der Waals surface area contributed by atoms with Crippen LogP contribution in [0.5, 0.6) is 0 Å². The van der Waals surface area contributed by atoms with Crippen molar-refractivity contribution in [1.29, 1.82) is 0 Å². The number of rotatable bonds is 4. The van der Waals surface area contributed by atoms with Crippen molar-refractivity contribution in [2.24, 2.45) is 0 Å². The van der Waals surface area contributed by atoms with Crippen molar-refractivity contribution < 1.29 is 9.84 Å². The van der Waals surface area contributed by atoms with Gasteiger partial charge in [0.2, 0.25) is 0 Å². The highest BCUT2D eigenvalue weighted by Gasteiger charge is 2.26. The van der Waals surface area contributed by atoms with Crippen LogP contribution in [0.4, 0.5) is 0 Å². The summed E-state index contributed by atoms with van der Waals surface area (Å²) in [5, 5.41) is 17.6. The molecule has 6 nitrogen and oxygen atoms in total. The Kier molecular flexibility index (Phi) is 4.75. The average molecular weight is 316 g/mol. The van der Waals surface area contributed by atoms with E-state index < -0.39 is 6.10 Å². The van der Waals surface area contributed by atoms with Crippen molar-refractivity contribution in [3.8, 4) is 0 Å². The van der Waals surface area contributed by atoms with Crippen LogP contribution in [0.25, 0.3) is 0 Å². The maximum Gasteiger partial charge on any atom is 0.180 e. The second-order valence-corrected chi connectivity index (χ2v) is 6.27. The maximum absolute atomic E-state index is 10.6. The topological polar surface area (TPSA) is 74.3 Å². The summed E-state index contributed by atoms with van der Waals surface area (Å²) < 4.78 is 5.77. The third kappa shape index (κ3) is 3.77. The van der Waals surface area contributed by atoms with E-state index in [4.69, 9.17) is 4.74 Å². The number of aromatic nitrogens is 3. The number of morpholine rings is 1. The van der Waals surface area contributed by atoms with Gasteiger partial charge in [-0.05, 0) is 31.9 Å². The Balaban J connectivity index is 1.65. The second kappa shape index (κ2) is 6.78. The minimum Gasteiger partial charge on any atom is -0.387 e. The van der Waals surface area contributed by atoms with Gasteiger partial charge in [-0.2, -0.15) is 5.10 Å². The van der Waals surface area contributed by atoms with Crippen LogP contribution >= 0.6 is 0 Å². The fourth-order valence-electron chi connectivity index (χ4n) is 3.07. The molecule has 124 valence electrons. The Bertz CT molecular complexity index is 670. The molecule has 0 unspecified atom stereocenters. The molecule has 2 N–H and O–H groups in total. The van der Waals surface area contributed by atoms with Crippen LogP contribution in [0.2, 0.25) is 0 Å². The van der Waals surface area contributed by atoms with E-state index >= 15 is 0 Å². The number of aryl methyl sites for hydroxylation is 3. The number of aliphatic hydroxyl groups is 1. The summed E-state index contributed by atoms with van der Waals surface area (Å²) in [6, 6.07) is 6.17. The lowest BCUT2D eigenvalue weighted by Crippen LogP contribution is -2.41. The number of β-amino-alcohol motifs (C(OH)–C–C–N with tert-alkyl or cyclic N) is 1. The fraction of sp³-hybridized carbons (Fsp3) is 0.529. The number of nitrogens with zero attached hydrogens (tertiary/aromatic N) is 3. The largest absolute Gasteiger partial charge is 0.387 e. The van der Waals surface area contributed by atoms with Gasteiger partial charge in [-0.15, -0.1) is 0 Å². The van der Waals surface area contributed by atoms with E-state index in [0.29, 0.717) is 25.5 Å². The third-order valence-electron chi connectivity index (χ3n) is 4.27. The predicted octanol–water partition coefficient (Wildman–Crippen LogP) is 1.84. The zero-order chi connectivity index (χ0) is 16.4. The smallest absolute Gasteiger partial charge is 0.180 e. The van der Waals surface area contributed by atoms with E-state index in [2.05, 4.69) is 33.1 Å². The standard InChI is InChI=1S/C17H24N4O2/c1-11-4-5-14(12(2)8-11)15(22)9-21-6-7-23-16(10-21)17-18-13(3)19-20-17/h4-5,8,15-16,22H,6-7,9-10H2,1-3H3,(H,18,19,20)/t15-,16-/m0/s1. The number of aromatic amines is 1. The van der Waals surface area contributed by atoms with Crippen LogP contribution in [0, 0.1) is 20.8 Å². The first-order valence-electron chi connectivity index (χ1n) is 8.01. The van der Waals surface area contributed by atoms with E-state index in [1.807, 2.05) is 26.0 Å². The SMILES string of the molecule is Cc1ccc([C@@H](O)CN2CCO[C@H](c3n[nH]c(C)n3)C2)c(C)c1. The summed E-state index contributed by atoms with van der Waals surface area (Å²) in [7, 11) is 0. The van der Waals surface area contributed by atoms with E-state index in [1.165, 1.54) is 5.56 Å². The molecule has 0 amide bonds. The van der Waals surface area contributed by atoms with Crippen molar-refractivity contribution in [2.45, 2.75) is 33.0 Å². The van der Waals surface area contributed by atoms with Gasteiger partial charge in [0.25, 0.3) is 0 Å². The first-order chi connectivity index (χ1) is 11.0. The van der Waals surface area contributed by atoms with Gasteiger partial charge in [-0.1, -0.05) is 23.8 Å². The summed E-state index contributed by atoms with van der Waals surface area (Å²) in [4.78, 5) is 6.56. The molecule has 0 radical (unpaired) electrons. The summed E-state index contributed by atoms with van der Waals surface area (Å²) in [6.45, 7) is 8.70. The number of hydrogen-bond acceptors (Lipinski definition) is 5. The van der Waals surface area contributed by atoms with E-state index in [9.17, 15) is 5.11 Å². The van der Waals surface area contributed by atoms with Gasteiger partial charge in [0, 0.05) is 19.6 Å². The molecule has 2 atom stereocenters. The number of H-pyrrole nitrogens is 1. The van der Waals surface area contributed by atoms with Crippen molar-refractivity contribution in [2.75, 3.05) is 26.2 Å². The van der Waals surface area contributed by atoms with E-state index in [-0.39, 0.29) is 6.10 Å². The lowest BCUT2D eigenvalue weighted by atomic mass is 10.0. The van der Waals surface area contributed by atoms with Gasteiger partial charge in [-0.3, -0.25) is 10.00 Å². The molecule has 2 aromatic rings. The monoisotopic (exact) mass is 316 g/mol. The van der Waals surface area contributed by atoms with Gasteiger partial charge in [-0.25, -0.2) is 4.98 Å². The van der Waals surface area contributed by atoms with E-state index in [0.717, 1.165) is 23.5 Å². The van der Waals surface area contributed by atoms with Crippen LogP contribution in [-0.2, 0) is 4.74 Å². The van der Waals surface area contributed by atoms with E-state index in [1.54, 1.807) is 0 Å². The van der Waals surface area contributed by atoms with Crippen molar-refractivity contribution in [3.05, 3.63) is 46.5 Å². The molecule has 1 aromatic carbocycles. The molecule has 3 rings (SSSR count). The Labute approximate surface area is 136 Å². The highest BCUT2D eigenvalue weighted by Crippen LogP contribution is 2.24. The Hall–Kier alpha value is -1.76. The van der Waals surface area contributed by atoms with Crippen LogP contribution in [0.15, 0.2) is 18.2 Å². The molecule has 2 heterocycles. The number of hydrogen-bond donors (Lipinski definition) is 2. The molecule has 1 aliphatic heterocycles. The van der Waals surface area contributed by atoms with Crippen LogP contribution in [0.1, 0.15) is 40.5 Å². The average Bonchev–Trinajstić information content (AvgIpc) is 2.94. The summed E-state index contributed by atoms with van der Waals surface area (Å²) in [5.74, 6) is 1.48. The highest BCUT2D eigenvalue weighted by atomic mass is 16.5. The third-order valence-corrected chi connectivity index (χ3v) is 4.27.